The number of nitrogen functional groups attached to an aromatic ring is 1. The van der Waals surface area contributed by atoms with Gasteiger partial charge < -0.3 is 25.5 Å². The van der Waals surface area contributed by atoms with E-state index in [9.17, 15) is 20.1 Å². The minimum atomic E-state index is -0.517. The second kappa shape index (κ2) is 4.45. The predicted octanol–water partition coefficient (Wildman–Crippen LogP) is 2.16. The van der Waals surface area contributed by atoms with Crippen molar-refractivity contribution in [1.82, 2.24) is 0 Å². The fraction of sp³-hybridized carbons (Fsp3) is 0. The predicted molar refractivity (Wildman–Crippen MR) is 77.3 cm³/mol. The van der Waals surface area contributed by atoms with Crippen LogP contribution in [0.15, 0.2) is 45.6 Å². The van der Waals surface area contributed by atoms with Crippen LogP contribution in [0, 0.1) is 0 Å². The highest BCUT2D eigenvalue weighted by atomic mass is 16.3. The maximum Gasteiger partial charge on any atom is 0.206 e. The molecule has 0 radical (unpaired) electrons. The molecule has 0 bridgehead atoms. The lowest BCUT2D eigenvalue weighted by Crippen LogP contribution is -2.09. The number of anilines is 1. The molecule has 6 heteroatoms. The van der Waals surface area contributed by atoms with E-state index in [1.54, 1.807) is 0 Å². The Kier molecular flexibility index (Phi) is 2.72. The van der Waals surface area contributed by atoms with E-state index in [-0.39, 0.29) is 33.9 Å². The highest BCUT2D eigenvalue weighted by molar-refractivity contribution is 5.91. The number of aromatic hydroxyl groups is 3. The molecule has 0 unspecified atom stereocenters. The van der Waals surface area contributed by atoms with Gasteiger partial charge in [-0.2, -0.15) is 0 Å². The number of fused-ring (bicyclic) bond motifs is 1. The van der Waals surface area contributed by atoms with Crippen LogP contribution in [0.25, 0.3) is 22.1 Å². The average Bonchev–Trinajstić information content (AvgIpc) is 2.39. The van der Waals surface area contributed by atoms with Gasteiger partial charge in [-0.05, 0) is 17.7 Å². The van der Waals surface area contributed by atoms with Crippen LogP contribution < -0.4 is 11.2 Å². The molecule has 0 amide bonds. The van der Waals surface area contributed by atoms with Gasteiger partial charge in [-0.25, -0.2) is 0 Å². The molecule has 2 aromatic carbocycles. The van der Waals surface area contributed by atoms with Gasteiger partial charge in [-0.1, -0.05) is 12.1 Å². The van der Waals surface area contributed by atoms with Crippen LogP contribution in [-0.2, 0) is 0 Å². The second-order valence-corrected chi connectivity index (χ2v) is 4.56. The minimum Gasteiger partial charge on any atom is -0.508 e. The third-order valence-corrected chi connectivity index (χ3v) is 3.14. The maximum absolute atomic E-state index is 12.5. The van der Waals surface area contributed by atoms with Gasteiger partial charge in [0.1, 0.15) is 28.2 Å². The summed E-state index contributed by atoms with van der Waals surface area (Å²) < 4.78 is 5.32. The highest BCUT2D eigenvalue weighted by Crippen LogP contribution is 2.33. The second-order valence-electron chi connectivity index (χ2n) is 4.56. The summed E-state index contributed by atoms with van der Waals surface area (Å²) in [5, 5.41) is 28.5. The van der Waals surface area contributed by atoms with E-state index in [1.165, 1.54) is 30.3 Å². The van der Waals surface area contributed by atoms with Crippen LogP contribution >= 0.6 is 0 Å². The normalized spacial score (nSPS) is 10.9. The fourth-order valence-corrected chi connectivity index (χ4v) is 2.20. The van der Waals surface area contributed by atoms with E-state index >= 15 is 0 Å². The van der Waals surface area contributed by atoms with E-state index in [2.05, 4.69) is 0 Å². The summed E-state index contributed by atoms with van der Waals surface area (Å²) in [6, 6.07) is 8.11. The summed E-state index contributed by atoms with van der Waals surface area (Å²) in [6.07, 6.45) is 0. The van der Waals surface area contributed by atoms with Gasteiger partial charge in [-0.15, -0.1) is 0 Å². The Hall–Kier alpha value is -3.15. The van der Waals surface area contributed by atoms with Crippen molar-refractivity contribution in [3.05, 3.63) is 46.6 Å². The molecular formula is C15H11NO5. The Morgan fingerprint density at radius 2 is 1.62 bits per heavy atom. The first-order valence-corrected chi connectivity index (χ1v) is 6.05. The number of rotatable bonds is 1. The quantitative estimate of drug-likeness (QED) is 0.544. The molecule has 0 saturated heterocycles. The summed E-state index contributed by atoms with van der Waals surface area (Å²) >= 11 is 0. The first-order valence-electron chi connectivity index (χ1n) is 6.05. The zero-order valence-corrected chi connectivity index (χ0v) is 10.7. The molecule has 0 aliphatic heterocycles. The van der Waals surface area contributed by atoms with Crippen LogP contribution in [0.3, 0.4) is 0 Å². The lowest BCUT2D eigenvalue weighted by molar-refractivity contribution is 0.452. The van der Waals surface area contributed by atoms with E-state index in [0.717, 1.165) is 6.07 Å². The van der Waals surface area contributed by atoms with Crippen LogP contribution in [-0.4, -0.2) is 15.3 Å². The molecule has 21 heavy (non-hydrogen) atoms. The molecule has 5 N–H and O–H groups in total. The van der Waals surface area contributed by atoms with Crippen molar-refractivity contribution in [1.29, 1.82) is 0 Å². The van der Waals surface area contributed by atoms with E-state index < -0.39 is 11.2 Å². The molecule has 0 aliphatic rings. The van der Waals surface area contributed by atoms with Crippen molar-refractivity contribution in [2.45, 2.75) is 0 Å². The molecule has 0 saturated carbocycles. The van der Waals surface area contributed by atoms with Crippen molar-refractivity contribution in [2.75, 3.05) is 5.73 Å². The lowest BCUT2D eigenvalue weighted by atomic mass is 10.0. The number of benzene rings is 2. The molecule has 106 valence electrons. The SMILES string of the molecule is Nc1oc2cc(O)cc(O)c2c(=O)c1-c1ccc(O)cc1. The smallest absolute Gasteiger partial charge is 0.206 e. The standard InChI is InChI=1S/C15H11NO5/c16-15-12(7-1-3-8(17)4-2-7)14(20)13-10(19)5-9(18)6-11(13)21-15/h1-6,17-19H,16H2. The number of hydrogen-bond acceptors (Lipinski definition) is 6. The number of hydrogen-bond donors (Lipinski definition) is 4. The van der Waals surface area contributed by atoms with Gasteiger partial charge in [-0.3, -0.25) is 4.79 Å². The Bertz CT molecular complexity index is 897. The van der Waals surface area contributed by atoms with Crippen molar-refractivity contribution < 1.29 is 19.7 Å². The van der Waals surface area contributed by atoms with Crippen LogP contribution in [0.1, 0.15) is 0 Å². The summed E-state index contributed by atoms with van der Waals surface area (Å²) in [4.78, 5) is 12.5. The van der Waals surface area contributed by atoms with E-state index in [1.807, 2.05) is 0 Å². The molecule has 0 atom stereocenters. The Labute approximate surface area is 118 Å². The molecular weight excluding hydrogens is 274 g/mol. The number of nitrogens with two attached hydrogens (primary N) is 1. The molecule has 6 nitrogen and oxygen atoms in total. The summed E-state index contributed by atoms with van der Waals surface area (Å²) in [7, 11) is 0. The largest absolute Gasteiger partial charge is 0.508 e. The van der Waals surface area contributed by atoms with Crippen LogP contribution in [0.2, 0.25) is 0 Å². The summed E-state index contributed by atoms with van der Waals surface area (Å²) in [5.41, 5.74) is 5.79. The number of phenols is 3. The Morgan fingerprint density at radius 1 is 0.952 bits per heavy atom. The van der Waals surface area contributed by atoms with Crippen molar-refractivity contribution >= 4 is 16.9 Å². The topological polar surface area (TPSA) is 117 Å². The Balaban J connectivity index is 2.39. The van der Waals surface area contributed by atoms with Crippen molar-refractivity contribution in [3.8, 4) is 28.4 Å². The molecule has 0 spiro atoms. The summed E-state index contributed by atoms with van der Waals surface area (Å²) in [6.45, 7) is 0. The first-order chi connectivity index (χ1) is 9.97. The van der Waals surface area contributed by atoms with Crippen molar-refractivity contribution in [3.63, 3.8) is 0 Å². The summed E-state index contributed by atoms with van der Waals surface area (Å²) in [5.74, 6) is -0.711. The third-order valence-electron chi connectivity index (χ3n) is 3.14. The zero-order chi connectivity index (χ0) is 15.1. The molecule has 1 aromatic heterocycles. The first kappa shape index (κ1) is 12.9. The molecule has 1 heterocycles. The fourth-order valence-electron chi connectivity index (χ4n) is 2.20. The third kappa shape index (κ3) is 2.02. The zero-order valence-electron chi connectivity index (χ0n) is 10.7. The van der Waals surface area contributed by atoms with Gasteiger partial charge in [0.2, 0.25) is 11.3 Å². The molecule has 0 aliphatic carbocycles. The molecule has 0 fully saturated rings. The van der Waals surface area contributed by atoms with Gasteiger partial charge >= 0.3 is 0 Å². The van der Waals surface area contributed by atoms with Gasteiger partial charge in [0.25, 0.3) is 0 Å². The molecule has 3 aromatic rings. The van der Waals surface area contributed by atoms with E-state index in [4.69, 9.17) is 10.2 Å². The van der Waals surface area contributed by atoms with Crippen LogP contribution in [0.4, 0.5) is 5.88 Å². The maximum atomic E-state index is 12.5. The lowest BCUT2D eigenvalue weighted by Gasteiger charge is -2.08. The minimum absolute atomic E-state index is 0.00229. The van der Waals surface area contributed by atoms with Crippen molar-refractivity contribution in [2.24, 2.45) is 0 Å². The average molecular weight is 285 g/mol. The highest BCUT2D eigenvalue weighted by Gasteiger charge is 2.17. The van der Waals surface area contributed by atoms with Gasteiger partial charge in [0, 0.05) is 12.1 Å². The number of phenolic OH excluding ortho intramolecular Hbond substituents is 3. The van der Waals surface area contributed by atoms with E-state index in [0.29, 0.717) is 5.56 Å². The van der Waals surface area contributed by atoms with Gasteiger partial charge in [0.05, 0.1) is 5.56 Å². The Morgan fingerprint density at radius 3 is 2.29 bits per heavy atom. The molecule has 3 rings (SSSR count). The van der Waals surface area contributed by atoms with Gasteiger partial charge in [0.15, 0.2) is 0 Å². The monoisotopic (exact) mass is 285 g/mol. The van der Waals surface area contributed by atoms with Crippen LogP contribution in [0.5, 0.6) is 17.2 Å².